The van der Waals surface area contributed by atoms with Crippen LogP contribution in [0.5, 0.6) is 0 Å². The van der Waals surface area contributed by atoms with Crippen LogP contribution in [0.3, 0.4) is 0 Å². The summed E-state index contributed by atoms with van der Waals surface area (Å²) in [5.74, 6) is 0.360. The molecule has 0 atom stereocenters. The van der Waals surface area contributed by atoms with E-state index in [0.717, 1.165) is 24.5 Å². The number of alkyl halides is 1. The van der Waals surface area contributed by atoms with E-state index in [2.05, 4.69) is 27.3 Å². The standard InChI is InChI=1S/C14H16ClN3O/c15-9-12-10-19-14(17-12)16-11-3-5-13(6-4-11)18-7-1-2-8-18/h3-6,10H,1-2,7-9H2,(H,16,17). The van der Waals surface area contributed by atoms with Gasteiger partial charge < -0.3 is 14.6 Å². The predicted octanol–water partition coefficient (Wildman–Crippen LogP) is 3.76. The van der Waals surface area contributed by atoms with Gasteiger partial charge in [0, 0.05) is 24.5 Å². The third-order valence-corrected chi connectivity index (χ3v) is 3.55. The van der Waals surface area contributed by atoms with E-state index >= 15 is 0 Å². The van der Waals surface area contributed by atoms with Gasteiger partial charge in [0.2, 0.25) is 0 Å². The van der Waals surface area contributed by atoms with Gasteiger partial charge in [-0.05, 0) is 37.1 Å². The highest BCUT2D eigenvalue weighted by atomic mass is 35.5. The summed E-state index contributed by atoms with van der Waals surface area (Å²) in [6.45, 7) is 2.32. The minimum absolute atomic E-state index is 0.360. The van der Waals surface area contributed by atoms with Gasteiger partial charge in [-0.2, -0.15) is 4.98 Å². The summed E-state index contributed by atoms with van der Waals surface area (Å²) in [5, 5.41) is 3.12. The summed E-state index contributed by atoms with van der Waals surface area (Å²) in [7, 11) is 0. The molecule has 0 unspecified atom stereocenters. The molecular weight excluding hydrogens is 262 g/mol. The fourth-order valence-electron chi connectivity index (χ4n) is 2.28. The Bertz CT molecular complexity index is 532. The number of oxazole rings is 1. The second-order valence-corrected chi connectivity index (χ2v) is 4.91. The van der Waals surface area contributed by atoms with Crippen LogP contribution >= 0.6 is 11.6 Å². The Balaban J connectivity index is 1.68. The zero-order valence-corrected chi connectivity index (χ0v) is 11.4. The first-order valence-electron chi connectivity index (χ1n) is 6.47. The molecule has 2 heterocycles. The van der Waals surface area contributed by atoms with Crippen LogP contribution in [-0.4, -0.2) is 18.1 Å². The van der Waals surface area contributed by atoms with Crippen molar-refractivity contribution in [3.8, 4) is 0 Å². The van der Waals surface area contributed by atoms with Crippen molar-refractivity contribution >= 4 is 29.0 Å². The molecule has 2 aromatic rings. The number of halogens is 1. The van der Waals surface area contributed by atoms with Gasteiger partial charge in [-0.25, -0.2) is 0 Å². The van der Waals surface area contributed by atoms with Crippen molar-refractivity contribution in [2.24, 2.45) is 0 Å². The molecule has 1 aliphatic heterocycles. The Morgan fingerprint density at radius 1 is 1.21 bits per heavy atom. The van der Waals surface area contributed by atoms with E-state index in [-0.39, 0.29) is 0 Å². The van der Waals surface area contributed by atoms with E-state index in [1.54, 1.807) is 6.26 Å². The van der Waals surface area contributed by atoms with Gasteiger partial charge in [0.1, 0.15) is 6.26 Å². The average Bonchev–Trinajstić information content (AvgIpc) is 3.10. The molecule has 0 amide bonds. The molecule has 1 saturated heterocycles. The molecule has 1 aromatic heterocycles. The first kappa shape index (κ1) is 12.4. The number of rotatable bonds is 4. The van der Waals surface area contributed by atoms with Crippen LogP contribution in [0.15, 0.2) is 34.9 Å². The molecular formula is C14H16ClN3O. The molecule has 0 radical (unpaired) electrons. The molecule has 1 fully saturated rings. The Morgan fingerprint density at radius 3 is 2.58 bits per heavy atom. The molecule has 1 N–H and O–H groups in total. The van der Waals surface area contributed by atoms with Crippen molar-refractivity contribution in [2.45, 2.75) is 18.7 Å². The molecule has 5 heteroatoms. The minimum atomic E-state index is 0.360. The topological polar surface area (TPSA) is 41.3 Å². The average molecular weight is 278 g/mol. The highest BCUT2D eigenvalue weighted by Gasteiger charge is 2.12. The van der Waals surface area contributed by atoms with Crippen molar-refractivity contribution in [3.05, 3.63) is 36.2 Å². The molecule has 4 nitrogen and oxygen atoms in total. The highest BCUT2D eigenvalue weighted by Crippen LogP contribution is 2.23. The highest BCUT2D eigenvalue weighted by molar-refractivity contribution is 6.16. The summed E-state index contributed by atoms with van der Waals surface area (Å²) in [5.41, 5.74) is 2.97. The van der Waals surface area contributed by atoms with Gasteiger partial charge in [-0.1, -0.05) is 0 Å². The summed E-state index contributed by atoms with van der Waals surface area (Å²) in [6.07, 6.45) is 4.14. The first-order chi connectivity index (χ1) is 9.35. The molecule has 3 rings (SSSR count). The second kappa shape index (κ2) is 5.53. The van der Waals surface area contributed by atoms with Gasteiger partial charge in [0.25, 0.3) is 6.01 Å². The van der Waals surface area contributed by atoms with Crippen LogP contribution in [0.25, 0.3) is 0 Å². The van der Waals surface area contributed by atoms with Crippen molar-refractivity contribution in [3.63, 3.8) is 0 Å². The molecule has 0 spiro atoms. The quantitative estimate of drug-likeness (QED) is 0.864. The van der Waals surface area contributed by atoms with Crippen molar-refractivity contribution in [1.82, 2.24) is 4.98 Å². The molecule has 0 aliphatic carbocycles. The number of hydrogen-bond acceptors (Lipinski definition) is 4. The van der Waals surface area contributed by atoms with Gasteiger partial charge in [0.15, 0.2) is 0 Å². The third kappa shape index (κ3) is 2.84. The fraction of sp³-hybridized carbons (Fsp3) is 0.357. The molecule has 1 aromatic carbocycles. The van der Waals surface area contributed by atoms with Crippen LogP contribution in [0, 0.1) is 0 Å². The zero-order valence-electron chi connectivity index (χ0n) is 10.6. The largest absolute Gasteiger partial charge is 0.432 e. The third-order valence-electron chi connectivity index (χ3n) is 3.28. The normalized spacial score (nSPS) is 14.9. The van der Waals surface area contributed by atoms with Gasteiger partial charge >= 0.3 is 0 Å². The van der Waals surface area contributed by atoms with Crippen molar-refractivity contribution in [2.75, 3.05) is 23.3 Å². The smallest absolute Gasteiger partial charge is 0.299 e. The van der Waals surface area contributed by atoms with Crippen LogP contribution in [0.4, 0.5) is 17.4 Å². The minimum Gasteiger partial charge on any atom is -0.432 e. The van der Waals surface area contributed by atoms with E-state index in [4.69, 9.17) is 16.0 Å². The molecule has 0 saturated carbocycles. The first-order valence-corrected chi connectivity index (χ1v) is 7.01. The van der Waals surface area contributed by atoms with Crippen LogP contribution in [-0.2, 0) is 5.88 Å². The van der Waals surface area contributed by atoms with Gasteiger partial charge in [-0.15, -0.1) is 11.6 Å². The lowest BCUT2D eigenvalue weighted by molar-refractivity contribution is 0.576. The summed E-state index contributed by atoms with van der Waals surface area (Å²) in [4.78, 5) is 6.61. The van der Waals surface area contributed by atoms with Gasteiger partial charge in [-0.3, -0.25) is 0 Å². The maximum atomic E-state index is 5.68. The Hall–Kier alpha value is -1.68. The van der Waals surface area contributed by atoms with Crippen molar-refractivity contribution < 1.29 is 4.42 Å². The van der Waals surface area contributed by atoms with E-state index in [1.165, 1.54) is 18.5 Å². The number of nitrogens with zero attached hydrogens (tertiary/aromatic N) is 2. The van der Waals surface area contributed by atoms with Crippen LogP contribution < -0.4 is 10.2 Å². The van der Waals surface area contributed by atoms with Crippen LogP contribution in [0.1, 0.15) is 18.5 Å². The summed E-state index contributed by atoms with van der Waals surface area (Å²) < 4.78 is 5.27. The lowest BCUT2D eigenvalue weighted by Gasteiger charge is -2.17. The van der Waals surface area contributed by atoms with Crippen LogP contribution in [0.2, 0.25) is 0 Å². The summed E-state index contributed by atoms with van der Waals surface area (Å²) in [6, 6.07) is 8.80. The van der Waals surface area contributed by atoms with Crippen molar-refractivity contribution in [1.29, 1.82) is 0 Å². The summed E-state index contributed by atoms with van der Waals surface area (Å²) >= 11 is 5.68. The number of anilines is 3. The number of hydrogen-bond donors (Lipinski definition) is 1. The molecule has 0 bridgehead atoms. The lowest BCUT2D eigenvalue weighted by Crippen LogP contribution is -2.17. The Kier molecular flexibility index (Phi) is 3.60. The number of aromatic nitrogens is 1. The monoisotopic (exact) mass is 277 g/mol. The second-order valence-electron chi connectivity index (χ2n) is 4.64. The number of benzene rings is 1. The SMILES string of the molecule is ClCc1coc(Nc2ccc(N3CCCC3)cc2)n1. The predicted molar refractivity (Wildman–Crippen MR) is 77.2 cm³/mol. The van der Waals surface area contributed by atoms with E-state index in [9.17, 15) is 0 Å². The Labute approximate surface area is 117 Å². The van der Waals surface area contributed by atoms with E-state index in [1.807, 2.05) is 12.1 Å². The zero-order chi connectivity index (χ0) is 13.1. The maximum Gasteiger partial charge on any atom is 0.299 e. The molecule has 19 heavy (non-hydrogen) atoms. The lowest BCUT2D eigenvalue weighted by atomic mass is 10.2. The van der Waals surface area contributed by atoms with E-state index < -0.39 is 0 Å². The Morgan fingerprint density at radius 2 is 1.95 bits per heavy atom. The molecule has 100 valence electrons. The van der Waals surface area contributed by atoms with E-state index in [0.29, 0.717) is 11.9 Å². The number of nitrogens with one attached hydrogen (secondary N) is 1. The van der Waals surface area contributed by atoms with Gasteiger partial charge in [0.05, 0.1) is 11.6 Å². The maximum absolute atomic E-state index is 5.68. The molecule has 1 aliphatic rings. The fourth-order valence-corrected chi connectivity index (χ4v) is 2.40.